The predicted octanol–water partition coefficient (Wildman–Crippen LogP) is 1.26. The normalized spacial score (nSPS) is 15.4. The molecule has 1 aliphatic carbocycles. The number of carboxylic acids is 1. The van der Waals surface area contributed by atoms with Gasteiger partial charge in [-0.15, -0.1) is 5.10 Å². The quantitative estimate of drug-likeness (QED) is 0.861. The van der Waals surface area contributed by atoms with E-state index in [0.29, 0.717) is 18.1 Å². The number of hydrogen-bond donors (Lipinski definition) is 1. The Morgan fingerprint density at radius 1 is 1.53 bits per heavy atom. The number of carboxylic acid groups (broad SMARTS) is 1. The topological polar surface area (TPSA) is 80.4 Å². The van der Waals surface area contributed by atoms with Crippen LogP contribution in [0.15, 0.2) is 6.07 Å². The molecule has 1 fully saturated rings. The fourth-order valence-corrected chi connectivity index (χ4v) is 1.82. The molecular weight excluding hydrogens is 220 g/mol. The third-order valence-corrected chi connectivity index (χ3v) is 2.93. The molecule has 88 valence electrons. The van der Waals surface area contributed by atoms with E-state index in [1.807, 2.05) is 6.92 Å². The fourth-order valence-electron chi connectivity index (χ4n) is 1.82. The van der Waals surface area contributed by atoms with Crippen LogP contribution in [0.3, 0.4) is 0 Å². The molecule has 0 atom stereocenters. The lowest BCUT2D eigenvalue weighted by molar-refractivity contribution is 0.0690. The van der Waals surface area contributed by atoms with Gasteiger partial charge in [-0.2, -0.15) is 4.98 Å². The Morgan fingerprint density at radius 3 is 2.88 bits per heavy atom. The standard InChI is InChI=1S/C11H12N4O2/c1-2-7-5-8(10(16)17)12-11-13-9(6-3-4-6)14-15(7)11/h5-6H,2-4H2,1H3,(H,16,17). The van der Waals surface area contributed by atoms with Gasteiger partial charge in [-0.05, 0) is 25.3 Å². The first-order valence-corrected chi connectivity index (χ1v) is 5.69. The summed E-state index contributed by atoms with van der Waals surface area (Å²) in [6.45, 7) is 1.96. The lowest BCUT2D eigenvalue weighted by atomic mass is 10.3. The van der Waals surface area contributed by atoms with Gasteiger partial charge >= 0.3 is 5.97 Å². The summed E-state index contributed by atoms with van der Waals surface area (Å²) in [5.41, 5.74) is 0.857. The largest absolute Gasteiger partial charge is 0.477 e. The summed E-state index contributed by atoms with van der Waals surface area (Å²) >= 11 is 0. The van der Waals surface area contributed by atoms with Gasteiger partial charge in [0.15, 0.2) is 11.5 Å². The maximum absolute atomic E-state index is 10.9. The second-order valence-electron chi connectivity index (χ2n) is 4.25. The molecule has 0 spiro atoms. The van der Waals surface area contributed by atoms with Crippen molar-refractivity contribution in [2.24, 2.45) is 0 Å². The predicted molar refractivity (Wildman–Crippen MR) is 59.1 cm³/mol. The van der Waals surface area contributed by atoms with Gasteiger partial charge in [0, 0.05) is 11.6 Å². The number of rotatable bonds is 3. The molecule has 2 aromatic rings. The molecule has 0 aromatic carbocycles. The van der Waals surface area contributed by atoms with Crippen LogP contribution >= 0.6 is 0 Å². The second-order valence-corrected chi connectivity index (χ2v) is 4.25. The van der Waals surface area contributed by atoms with E-state index >= 15 is 0 Å². The van der Waals surface area contributed by atoms with Crippen molar-refractivity contribution < 1.29 is 9.90 Å². The maximum Gasteiger partial charge on any atom is 0.354 e. The summed E-state index contributed by atoms with van der Waals surface area (Å²) in [6.07, 6.45) is 2.93. The van der Waals surface area contributed by atoms with E-state index in [1.165, 1.54) is 0 Å². The van der Waals surface area contributed by atoms with Gasteiger partial charge in [0.2, 0.25) is 0 Å². The third-order valence-electron chi connectivity index (χ3n) is 2.93. The van der Waals surface area contributed by atoms with Crippen molar-refractivity contribution >= 4 is 11.7 Å². The first kappa shape index (κ1) is 10.2. The van der Waals surface area contributed by atoms with Crippen molar-refractivity contribution in [1.29, 1.82) is 0 Å². The number of nitrogens with zero attached hydrogens (tertiary/aromatic N) is 4. The summed E-state index contributed by atoms with van der Waals surface area (Å²) in [5, 5.41) is 13.4. The fraction of sp³-hybridized carbons (Fsp3) is 0.455. The first-order valence-electron chi connectivity index (χ1n) is 5.69. The van der Waals surface area contributed by atoms with Crippen molar-refractivity contribution in [1.82, 2.24) is 19.6 Å². The molecule has 3 rings (SSSR count). The van der Waals surface area contributed by atoms with Crippen molar-refractivity contribution in [3.8, 4) is 0 Å². The molecular formula is C11H12N4O2. The SMILES string of the molecule is CCc1cc(C(=O)O)nc2nc(C3CC3)nn12. The molecule has 0 amide bonds. The van der Waals surface area contributed by atoms with Crippen LogP contribution in [0.25, 0.3) is 5.78 Å². The zero-order chi connectivity index (χ0) is 12.0. The average molecular weight is 232 g/mol. The Bertz CT molecular complexity index is 601. The molecule has 6 heteroatoms. The molecule has 1 saturated carbocycles. The van der Waals surface area contributed by atoms with Crippen LogP contribution in [0, 0.1) is 0 Å². The highest BCUT2D eigenvalue weighted by molar-refractivity contribution is 5.85. The van der Waals surface area contributed by atoms with E-state index in [2.05, 4.69) is 15.1 Å². The van der Waals surface area contributed by atoms with Crippen LogP contribution in [0.2, 0.25) is 0 Å². The second kappa shape index (κ2) is 3.51. The lowest BCUT2D eigenvalue weighted by Gasteiger charge is -2.01. The Kier molecular flexibility index (Phi) is 2.10. The zero-order valence-electron chi connectivity index (χ0n) is 9.42. The molecule has 1 aliphatic rings. The molecule has 0 aliphatic heterocycles. The summed E-state index contributed by atoms with van der Waals surface area (Å²) < 4.78 is 1.65. The van der Waals surface area contributed by atoms with E-state index in [9.17, 15) is 4.79 Å². The molecule has 6 nitrogen and oxygen atoms in total. The van der Waals surface area contributed by atoms with Crippen LogP contribution in [0.4, 0.5) is 0 Å². The van der Waals surface area contributed by atoms with E-state index in [1.54, 1.807) is 10.6 Å². The molecule has 2 aromatic heterocycles. The van der Waals surface area contributed by atoms with Crippen LogP contribution in [-0.2, 0) is 6.42 Å². The van der Waals surface area contributed by atoms with Crippen LogP contribution < -0.4 is 0 Å². The van der Waals surface area contributed by atoms with E-state index in [0.717, 1.165) is 24.4 Å². The zero-order valence-corrected chi connectivity index (χ0v) is 9.42. The number of fused-ring (bicyclic) bond motifs is 1. The lowest BCUT2D eigenvalue weighted by Crippen LogP contribution is -2.07. The molecule has 0 unspecified atom stereocenters. The number of hydrogen-bond acceptors (Lipinski definition) is 4. The van der Waals surface area contributed by atoms with Gasteiger partial charge in [0.05, 0.1) is 0 Å². The maximum atomic E-state index is 10.9. The van der Waals surface area contributed by atoms with E-state index in [-0.39, 0.29) is 5.69 Å². The number of carbonyl (C=O) groups is 1. The van der Waals surface area contributed by atoms with Gasteiger partial charge in [-0.25, -0.2) is 14.3 Å². The smallest absolute Gasteiger partial charge is 0.354 e. The van der Waals surface area contributed by atoms with Gasteiger partial charge in [0.25, 0.3) is 5.78 Å². The van der Waals surface area contributed by atoms with Gasteiger partial charge in [-0.3, -0.25) is 0 Å². The highest BCUT2D eigenvalue weighted by Crippen LogP contribution is 2.38. The van der Waals surface area contributed by atoms with E-state index in [4.69, 9.17) is 5.11 Å². The monoisotopic (exact) mass is 232 g/mol. The molecule has 17 heavy (non-hydrogen) atoms. The Labute approximate surface area is 97.3 Å². The Morgan fingerprint density at radius 2 is 2.29 bits per heavy atom. The molecule has 0 radical (unpaired) electrons. The summed E-state index contributed by atoms with van der Waals surface area (Å²) in [7, 11) is 0. The minimum absolute atomic E-state index is 0.0316. The minimum Gasteiger partial charge on any atom is -0.477 e. The highest BCUT2D eigenvalue weighted by Gasteiger charge is 2.28. The first-order chi connectivity index (χ1) is 8.19. The summed E-state index contributed by atoms with van der Waals surface area (Å²) in [4.78, 5) is 19.3. The molecule has 0 bridgehead atoms. The van der Waals surface area contributed by atoms with E-state index < -0.39 is 5.97 Å². The third kappa shape index (κ3) is 1.65. The summed E-state index contributed by atoms with van der Waals surface area (Å²) in [5.74, 6) is 0.589. The van der Waals surface area contributed by atoms with Gasteiger partial charge in [-0.1, -0.05) is 6.92 Å². The highest BCUT2D eigenvalue weighted by atomic mass is 16.4. The number of aromatic carboxylic acids is 1. The molecule has 1 N–H and O–H groups in total. The number of aryl methyl sites for hydroxylation is 1. The minimum atomic E-state index is -1.03. The van der Waals surface area contributed by atoms with Crippen molar-refractivity contribution in [3.05, 3.63) is 23.3 Å². The molecule has 2 heterocycles. The number of aromatic nitrogens is 4. The molecule has 0 saturated heterocycles. The van der Waals surface area contributed by atoms with Crippen molar-refractivity contribution in [2.45, 2.75) is 32.1 Å². The van der Waals surface area contributed by atoms with Crippen LogP contribution in [0.1, 0.15) is 47.7 Å². The van der Waals surface area contributed by atoms with Crippen molar-refractivity contribution in [3.63, 3.8) is 0 Å². The van der Waals surface area contributed by atoms with Crippen molar-refractivity contribution in [2.75, 3.05) is 0 Å². The summed E-state index contributed by atoms with van der Waals surface area (Å²) in [6, 6.07) is 1.56. The Balaban J connectivity index is 2.21. The van der Waals surface area contributed by atoms with Crippen LogP contribution in [-0.4, -0.2) is 30.7 Å². The van der Waals surface area contributed by atoms with Gasteiger partial charge in [0.1, 0.15) is 0 Å². The average Bonchev–Trinajstić information content (AvgIpc) is 3.07. The Hall–Kier alpha value is -1.98. The van der Waals surface area contributed by atoms with Gasteiger partial charge < -0.3 is 5.11 Å². The van der Waals surface area contributed by atoms with Crippen LogP contribution in [0.5, 0.6) is 0 Å².